The van der Waals surface area contributed by atoms with E-state index in [9.17, 15) is 10.2 Å². The molecule has 1 aliphatic rings. The second-order valence-electron chi connectivity index (χ2n) is 6.32. The van der Waals surface area contributed by atoms with Crippen molar-refractivity contribution in [2.45, 2.75) is 25.2 Å². The average Bonchev–Trinajstić information content (AvgIpc) is 3.00. The van der Waals surface area contributed by atoms with Crippen molar-refractivity contribution in [1.29, 1.82) is 0 Å². The molecule has 2 aromatic rings. The first-order valence-electron chi connectivity index (χ1n) is 8.26. The van der Waals surface area contributed by atoms with Gasteiger partial charge in [-0.15, -0.1) is 0 Å². The Morgan fingerprint density at radius 3 is 2.68 bits per heavy atom. The van der Waals surface area contributed by atoms with Crippen LogP contribution in [0.1, 0.15) is 23.7 Å². The Morgan fingerprint density at radius 2 is 2.00 bits per heavy atom. The van der Waals surface area contributed by atoms with Crippen LogP contribution in [0.15, 0.2) is 46.9 Å². The molecular formula is C19H21BrClNO3. The lowest BCUT2D eigenvalue weighted by Crippen LogP contribution is -2.27. The Bertz CT molecular complexity index is 710. The molecule has 6 heteroatoms. The minimum atomic E-state index is -0.678. The lowest BCUT2D eigenvalue weighted by Gasteiger charge is -2.22. The Hall–Kier alpha value is -1.11. The number of hydrogen-bond donors (Lipinski definition) is 2. The van der Waals surface area contributed by atoms with Crippen LogP contribution in [0.3, 0.4) is 0 Å². The predicted molar refractivity (Wildman–Crippen MR) is 102 cm³/mol. The molecule has 0 spiro atoms. The molecule has 25 heavy (non-hydrogen) atoms. The van der Waals surface area contributed by atoms with E-state index in [-0.39, 0.29) is 6.10 Å². The molecule has 0 amide bonds. The highest BCUT2D eigenvalue weighted by Crippen LogP contribution is 2.30. The second kappa shape index (κ2) is 8.52. The molecule has 0 saturated carbocycles. The zero-order valence-electron chi connectivity index (χ0n) is 13.7. The van der Waals surface area contributed by atoms with E-state index < -0.39 is 6.10 Å². The summed E-state index contributed by atoms with van der Waals surface area (Å²) in [6, 6.07) is 13.1. The summed E-state index contributed by atoms with van der Waals surface area (Å²) in [5.41, 5.74) is 1.75. The van der Waals surface area contributed by atoms with Crippen LogP contribution in [0.2, 0.25) is 5.02 Å². The second-order valence-corrected chi connectivity index (χ2v) is 7.67. The zero-order chi connectivity index (χ0) is 17.8. The fourth-order valence-corrected chi connectivity index (χ4v) is 3.48. The van der Waals surface area contributed by atoms with E-state index >= 15 is 0 Å². The Balaban J connectivity index is 1.69. The standard InChI is InChI=1S/C19H21BrClNO3/c20-14-3-6-19(25-12-13-1-4-15(21)5-2-13)17(9-14)18(24)11-22-8-7-16(23)10-22/h1-6,9,16,18,23-24H,7-8,10-12H2. The predicted octanol–water partition coefficient (Wildman–Crippen LogP) is 3.78. The molecule has 1 saturated heterocycles. The maximum Gasteiger partial charge on any atom is 0.125 e. The fourth-order valence-electron chi connectivity index (χ4n) is 2.97. The van der Waals surface area contributed by atoms with Gasteiger partial charge in [0, 0.05) is 34.7 Å². The molecular weight excluding hydrogens is 406 g/mol. The van der Waals surface area contributed by atoms with E-state index in [1.54, 1.807) is 0 Å². The number of likely N-dealkylation sites (tertiary alicyclic amines) is 1. The summed E-state index contributed by atoms with van der Waals surface area (Å²) < 4.78 is 6.82. The summed E-state index contributed by atoms with van der Waals surface area (Å²) >= 11 is 9.36. The maximum absolute atomic E-state index is 10.7. The van der Waals surface area contributed by atoms with Crippen molar-refractivity contribution in [3.8, 4) is 5.75 Å². The summed E-state index contributed by atoms with van der Waals surface area (Å²) in [7, 11) is 0. The van der Waals surface area contributed by atoms with Crippen molar-refractivity contribution in [2.75, 3.05) is 19.6 Å². The minimum Gasteiger partial charge on any atom is -0.489 e. The van der Waals surface area contributed by atoms with Crippen molar-refractivity contribution in [1.82, 2.24) is 4.90 Å². The molecule has 2 atom stereocenters. The van der Waals surface area contributed by atoms with Gasteiger partial charge in [0.1, 0.15) is 12.4 Å². The highest BCUT2D eigenvalue weighted by atomic mass is 79.9. The number of ether oxygens (including phenoxy) is 1. The van der Waals surface area contributed by atoms with Crippen LogP contribution < -0.4 is 4.74 Å². The first-order chi connectivity index (χ1) is 12.0. The first kappa shape index (κ1) is 18.7. The molecule has 2 aromatic carbocycles. The number of β-amino-alcohol motifs (C(OH)–C–C–N with tert-alkyl or cyclic N) is 2. The van der Waals surface area contributed by atoms with Crippen molar-refractivity contribution in [2.24, 2.45) is 0 Å². The largest absolute Gasteiger partial charge is 0.489 e. The third-order valence-corrected chi connectivity index (χ3v) is 5.06. The molecule has 134 valence electrons. The van der Waals surface area contributed by atoms with Gasteiger partial charge in [-0.25, -0.2) is 0 Å². The SMILES string of the molecule is OC1CCN(CC(O)c2cc(Br)ccc2OCc2ccc(Cl)cc2)C1. The van der Waals surface area contributed by atoms with Crippen LogP contribution in [0.25, 0.3) is 0 Å². The summed E-state index contributed by atoms with van der Waals surface area (Å²) in [5.74, 6) is 0.658. The first-order valence-corrected chi connectivity index (χ1v) is 9.43. The third kappa shape index (κ3) is 5.19. The molecule has 0 bridgehead atoms. The molecule has 1 fully saturated rings. The normalized spacial score (nSPS) is 19.1. The van der Waals surface area contributed by atoms with Crippen LogP contribution in [0, 0.1) is 0 Å². The monoisotopic (exact) mass is 425 g/mol. The molecule has 2 N–H and O–H groups in total. The van der Waals surface area contributed by atoms with Gasteiger partial charge in [0.25, 0.3) is 0 Å². The minimum absolute atomic E-state index is 0.296. The Labute approximate surface area is 161 Å². The van der Waals surface area contributed by atoms with Gasteiger partial charge in [0.2, 0.25) is 0 Å². The van der Waals surface area contributed by atoms with Gasteiger partial charge in [0.05, 0.1) is 12.2 Å². The highest BCUT2D eigenvalue weighted by molar-refractivity contribution is 9.10. The molecule has 1 heterocycles. The third-order valence-electron chi connectivity index (χ3n) is 4.32. The van der Waals surface area contributed by atoms with Crippen molar-refractivity contribution >= 4 is 27.5 Å². The van der Waals surface area contributed by atoms with Gasteiger partial charge in [-0.2, -0.15) is 0 Å². The Kier molecular flexibility index (Phi) is 6.36. The zero-order valence-corrected chi connectivity index (χ0v) is 16.1. The van der Waals surface area contributed by atoms with E-state index in [1.165, 1.54) is 0 Å². The van der Waals surface area contributed by atoms with Gasteiger partial charge < -0.3 is 14.9 Å². The van der Waals surface area contributed by atoms with Crippen LogP contribution in [-0.2, 0) is 6.61 Å². The topological polar surface area (TPSA) is 52.9 Å². The number of aliphatic hydroxyl groups excluding tert-OH is 2. The number of halogens is 2. The van der Waals surface area contributed by atoms with E-state index in [4.69, 9.17) is 16.3 Å². The number of rotatable bonds is 6. The van der Waals surface area contributed by atoms with Crippen LogP contribution in [-0.4, -0.2) is 40.9 Å². The molecule has 0 aliphatic carbocycles. The van der Waals surface area contributed by atoms with E-state index in [1.807, 2.05) is 42.5 Å². The number of hydrogen-bond acceptors (Lipinski definition) is 4. The summed E-state index contributed by atoms with van der Waals surface area (Å²) in [6.45, 7) is 2.28. The lowest BCUT2D eigenvalue weighted by molar-refractivity contribution is 0.110. The molecule has 3 rings (SSSR count). The number of nitrogens with zero attached hydrogens (tertiary/aromatic N) is 1. The summed E-state index contributed by atoms with van der Waals surface area (Å²) in [5, 5.41) is 21.0. The van der Waals surface area contributed by atoms with Gasteiger partial charge in [-0.05, 0) is 42.3 Å². The number of benzene rings is 2. The Morgan fingerprint density at radius 1 is 1.24 bits per heavy atom. The van der Waals surface area contributed by atoms with Crippen molar-refractivity contribution in [3.05, 3.63) is 63.1 Å². The van der Waals surface area contributed by atoms with Crippen LogP contribution >= 0.6 is 27.5 Å². The quantitative estimate of drug-likeness (QED) is 0.738. The van der Waals surface area contributed by atoms with E-state index in [0.717, 1.165) is 28.6 Å². The van der Waals surface area contributed by atoms with E-state index in [0.29, 0.717) is 30.5 Å². The molecule has 0 aromatic heterocycles. The van der Waals surface area contributed by atoms with Crippen LogP contribution in [0.4, 0.5) is 0 Å². The molecule has 2 unspecified atom stereocenters. The fraction of sp³-hybridized carbons (Fsp3) is 0.368. The van der Waals surface area contributed by atoms with Gasteiger partial charge in [-0.3, -0.25) is 4.90 Å². The van der Waals surface area contributed by atoms with Crippen molar-refractivity contribution < 1.29 is 14.9 Å². The smallest absolute Gasteiger partial charge is 0.125 e. The highest BCUT2D eigenvalue weighted by Gasteiger charge is 2.24. The van der Waals surface area contributed by atoms with E-state index in [2.05, 4.69) is 20.8 Å². The van der Waals surface area contributed by atoms with Crippen molar-refractivity contribution in [3.63, 3.8) is 0 Å². The lowest BCUT2D eigenvalue weighted by atomic mass is 10.1. The van der Waals surface area contributed by atoms with Crippen LogP contribution in [0.5, 0.6) is 5.75 Å². The summed E-state index contributed by atoms with van der Waals surface area (Å²) in [6.07, 6.45) is -0.219. The molecule has 4 nitrogen and oxygen atoms in total. The maximum atomic E-state index is 10.7. The molecule has 1 aliphatic heterocycles. The summed E-state index contributed by atoms with van der Waals surface area (Å²) in [4.78, 5) is 2.07. The van der Waals surface area contributed by atoms with Gasteiger partial charge in [0.15, 0.2) is 0 Å². The average molecular weight is 427 g/mol. The molecule has 0 radical (unpaired) electrons. The van der Waals surface area contributed by atoms with Gasteiger partial charge >= 0.3 is 0 Å². The number of aliphatic hydroxyl groups is 2. The van der Waals surface area contributed by atoms with Gasteiger partial charge in [-0.1, -0.05) is 39.7 Å².